The molecule has 0 saturated heterocycles. The Bertz CT molecular complexity index is 454. The van der Waals surface area contributed by atoms with Crippen LogP contribution in [0, 0.1) is 0 Å². The molecule has 104 valence electrons. The lowest BCUT2D eigenvalue weighted by atomic mass is 10.1. The zero-order valence-electron chi connectivity index (χ0n) is 11.8. The highest BCUT2D eigenvalue weighted by Crippen LogP contribution is 2.29. The average Bonchev–Trinajstić information content (AvgIpc) is 2.92. The van der Waals surface area contributed by atoms with Crippen molar-refractivity contribution in [1.29, 1.82) is 0 Å². The first-order valence-corrected chi connectivity index (χ1v) is 6.99. The first-order valence-electron chi connectivity index (χ1n) is 6.99. The quantitative estimate of drug-likeness (QED) is 0.769. The molecule has 2 rings (SSSR count). The van der Waals surface area contributed by atoms with Gasteiger partial charge in [0.1, 0.15) is 0 Å². The van der Waals surface area contributed by atoms with Crippen molar-refractivity contribution >= 4 is 0 Å². The van der Waals surface area contributed by atoms with Gasteiger partial charge in [-0.3, -0.25) is 0 Å². The second-order valence-electron chi connectivity index (χ2n) is 5.11. The van der Waals surface area contributed by atoms with Crippen LogP contribution in [0.25, 0.3) is 0 Å². The van der Waals surface area contributed by atoms with Gasteiger partial charge in [-0.15, -0.1) is 0 Å². The van der Waals surface area contributed by atoms with Gasteiger partial charge in [0.2, 0.25) is 0 Å². The lowest BCUT2D eigenvalue weighted by Gasteiger charge is -2.16. The molecule has 19 heavy (non-hydrogen) atoms. The number of benzene rings is 1. The normalized spacial score (nSPS) is 16.2. The summed E-state index contributed by atoms with van der Waals surface area (Å²) >= 11 is 0. The maximum Gasteiger partial charge on any atom is 0.160 e. The Hall–Kier alpha value is -1.48. The van der Waals surface area contributed by atoms with Gasteiger partial charge in [-0.2, -0.15) is 0 Å². The third-order valence-corrected chi connectivity index (χ3v) is 3.74. The van der Waals surface area contributed by atoms with E-state index in [9.17, 15) is 5.11 Å². The van der Waals surface area contributed by atoms with Crippen LogP contribution < -0.4 is 10.1 Å². The zero-order valence-corrected chi connectivity index (χ0v) is 11.8. The van der Waals surface area contributed by atoms with Crippen LogP contribution in [0.5, 0.6) is 11.5 Å². The van der Waals surface area contributed by atoms with Crippen molar-refractivity contribution in [3.05, 3.63) is 35.4 Å². The molecule has 1 atom stereocenters. The highest BCUT2D eigenvalue weighted by Gasteiger charge is 2.09. The fourth-order valence-electron chi connectivity index (χ4n) is 2.50. The molecule has 0 fully saturated rings. The van der Waals surface area contributed by atoms with Gasteiger partial charge in [-0.05, 0) is 56.8 Å². The van der Waals surface area contributed by atoms with Gasteiger partial charge in [-0.1, -0.05) is 17.7 Å². The Kier molecular flexibility index (Phi) is 4.86. The second-order valence-corrected chi connectivity index (χ2v) is 5.11. The Balaban J connectivity index is 1.86. The van der Waals surface area contributed by atoms with Crippen LogP contribution in [-0.2, 0) is 0 Å². The van der Waals surface area contributed by atoms with Crippen molar-refractivity contribution in [3.8, 4) is 11.5 Å². The Labute approximate surface area is 115 Å². The standard InChI is InChI=1S/C16H23NO2/c1-12(17-10-9-13-5-3-4-6-13)14-7-8-15(18)16(11-14)19-2/h5,7-8,11-12,17-18H,3-4,6,9-10H2,1-2H3. The molecule has 3 heteroatoms. The number of phenols is 1. The number of allylic oxidation sites excluding steroid dienone is 1. The number of methoxy groups -OCH3 is 1. The van der Waals surface area contributed by atoms with E-state index in [-0.39, 0.29) is 11.8 Å². The van der Waals surface area contributed by atoms with Crippen LogP contribution in [-0.4, -0.2) is 18.8 Å². The number of rotatable bonds is 6. The summed E-state index contributed by atoms with van der Waals surface area (Å²) in [5.41, 5.74) is 2.72. The smallest absolute Gasteiger partial charge is 0.160 e. The molecule has 2 N–H and O–H groups in total. The van der Waals surface area contributed by atoms with Crippen molar-refractivity contribution in [2.75, 3.05) is 13.7 Å². The lowest BCUT2D eigenvalue weighted by molar-refractivity contribution is 0.372. The van der Waals surface area contributed by atoms with E-state index in [1.54, 1.807) is 18.7 Å². The van der Waals surface area contributed by atoms with E-state index in [1.807, 2.05) is 12.1 Å². The van der Waals surface area contributed by atoms with Crippen LogP contribution >= 0.6 is 0 Å². The van der Waals surface area contributed by atoms with Crippen LogP contribution in [0.4, 0.5) is 0 Å². The molecule has 1 unspecified atom stereocenters. The summed E-state index contributed by atoms with van der Waals surface area (Å²) in [6, 6.07) is 5.77. The molecule has 0 saturated carbocycles. The third-order valence-electron chi connectivity index (χ3n) is 3.74. The number of phenolic OH excluding ortho intramolecular Hbond substituents is 1. The Morgan fingerprint density at radius 1 is 1.42 bits per heavy atom. The molecular formula is C16H23NO2. The molecule has 0 amide bonds. The molecule has 1 aromatic carbocycles. The van der Waals surface area contributed by atoms with E-state index in [2.05, 4.69) is 18.3 Å². The molecule has 0 aliphatic heterocycles. The van der Waals surface area contributed by atoms with Gasteiger partial charge in [0.05, 0.1) is 7.11 Å². The van der Waals surface area contributed by atoms with Crippen molar-refractivity contribution in [3.63, 3.8) is 0 Å². The number of ether oxygens (including phenoxy) is 1. The molecule has 0 aromatic heterocycles. The maximum atomic E-state index is 9.58. The van der Waals surface area contributed by atoms with Gasteiger partial charge in [-0.25, -0.2) is 0 Å². The van der Waals surface area contributed by atoms with Crippen molar-refractivity contribution in [2.45, 2.75) is 38.6 Å². The summed E-state index contributed by atoms with van der Waals surface area (Å²) in [6.07, 6.45) is 7.35. The molecule has 1 aromatic rings. The molecule has 0 heterocycles. The molecule has 0 spiro atoms. The van der Waals surface area contributed by atoms with Crippen LogP contribution in [0.2, 0.25) is 0 Å². The van der Waals surface area contributed by atoms with E-state index >= 15 is 0 Å². The first kappa shape index (κ1) is 13.9. The van der Waals surface area contributed by atoms with Gasteiger partial charge in [0.15, 0.2) is 11.5 Å². The monoisotopic (exact) mass is 261 g/mol. The lowest BCUT2D eigenvalue weighted by Crippen LogP contribution is -2.20. The van der Waals surface area contributed by atoms with Gasteiger partial charge in [0, 0.05) is 6.04 Å². The Morgan fingerprint density at radius 2 is 2.26 bits per heavy atom. The van der Waals surface area contributed by atoms with E-state index in [4.69, 9.17) is 4.74 Å². The number of hydrogen-bond acceptors (Lipinski definition) is 3. The largest absolute Gasteiger partial charge is 0.504 e. The van der Waals surface area contributed by atoms with E-state index in [0.29, 0.717) is 5.75 Å². The molecule has 3 nitrogen and oxygen atoms in total. The van der Waals surface area contributed by atoms with E-state index in [1.165, 1.54) is 19.3 Å². The highest BCUT2D eigenvalue weighted by atomic mass is 16.5. The number of nitrogens with one attached hydrogen (secondary N) is 1. The maximum absolute atomic E-state index is 9.58. The summed E-state index contributed by atoms with van der Waals surface area (Å²) in [7, 11) is 1.57. The fraction of sp³-hybridized carbons (Fsp3) is 0.500. The van der Waals surface area contributed by atoms with Crippen LogP contribution in [0.15, 0.2) is 29.8 Å². The predicted octanol–water partition coefficient (Wildman–Crippen LogP) is 3.55. The van der Waals surface area contributed by atoms with Crippen molar-refractivity contribution in [1.82, 2.24) is 5.32 Å². The number of hydrogen-bond donors (Lipinski definition) is 2. The van der Waals surface area contributed by atoms with Crippen molar-refractivity contribution < 1.29 is 9.84 Å². The Morgan fingerprint density at radius 3 is 2.95 bits per heavy atom. The van der Waals surface area contributed by atoms with E-state index in [0.717, 1.165) is 18.5 Å². The third kappa shape index (κ3) is 3.74. The summed E-state index contributed by atoms with van der Waals surface area (Å²) < 4.78 is 5.13. The molecule has 1 aliphatic rings. The summed E-state index contributed by atoms with van der Waals surface area (Å²) in [4.78, 5) is 0. The molecule has 0 bridgehead atoms. The predicted molar refractivity (Wildman–Crippen MR) is 77.6 cm³/mol. The fourth-order valence-corrected chi connectivity index (χ4v) is 2.50. The minimum Gasteiger partial charge on any atom is -0.504 e. The molecule has 1 aliphatic carbocycles. The zero-order chi connectivity index (χ0) is 13.7. The average molecular weight is 261 g/mol. The minimum atomic E-state index is 0.189. The molecular weight excluding hydrogens is 238 g/mol. The molecule has 0 radical (unpaired) electrons. The van der Waals surface area contributed by atoms with Gasteiger partial charge >= 0.3 is 0 Å². The summed E-state index contributed by atoms with van der Waals surface area (Å²) in [5, 5.41) is 13.1. The number of aromatic hydroxyl groups is 1. The van der Waals surface area contributed by atoms with E-state index < -0.39 is 0 Å². The summed E-state index contributed by atoms with van der Waals surface area (Å²) in [5.74, 6) is 0.721. The van der Waals surface area contributed by atoms with Crippen LogP contribution in [0.3, 0.4) is 0 Å². The van der Waals surface area contributed by atoms with Crippen LogP contribution in [0.1, 0.15) is 44.2 Å². The van der Waals surface area contributed by atoms with Crippen molar-refractivity contribution in [2.24, 2.45) is 0 Å². The van der Waals surface area contributed by atoms with Gasteiger partial charge < -0.3 is 15.2 Å². The summed E-state index contributed by atoms with van der Waals surface area (Å²) in [6.45, 7) is 3.13. The minimum absolute atomic E-state index is 0.189. The highest BCUT2D eigenvalue weighted by molar-refractivity contribution is 5.42. The SMILES string of the molecule is COc1cc(C(C)NCCC2=CCCC2)ccc1O. The second kappa shape index (κ2) is 6.62. The first-order chi connectivity index (χ1) is 9.20. The van der Waals surface area contributed by atoms with Gasteiger partial charge in [0.25, 0.3) is 0 Å². The topological polar surface area (TPSA) is 41.5 Å².